The van der Waals surface area contributed by atoms with Gasteiger partial charge in [0.15, 0.2) is 0 Å². The number of hydrogen-bond acceptors (Lipinski definition) is 6. The fourth-order valence-corrected chi connectivity index (χ4v) is 3.41. The third kappa shape index (κ3) is 3.84. The molecule has 0 saturated carbocycles. The summed E-state index contributed by atoms with van der Waals surface area (Å²) in [6, 6.07) is 14.3. The lowest BCUT2D eigenvalue weighted by Gasteiger charge is -2.36. The van der Waals surface area contributed by atoms with E-state index in [-0.39, 0.29) is 0 Å². The van der Waals surface area contributed by atoms with Crippen LogP contribution in [0.2, 0.25) is 0 Å². The molecular weight excluding hydrogens is 336 g/mol. The van der Waals surface area contributed by atoms with Gasteiger partial charge in [0.1, 0.15) is 11.6 Å². The van der Waals surface area contributed by atoms with E-state index in [1.807, 2.05) is 30.6 Å². The molecule has 3 aromatic rings. The van der Waals surface area contributed by atoms with Gasteiger partial charge in [0, 0.05) is 44.3 Å². The molecular formula is C21H24N6. The number of aryl methyl sites for hydroxylation is 2. The second kappa shape index (κ2) is 7.61. The third-order valence-corrected chi connectivity index (χ3v) is 4.94. The zero-order chi connectivity index (χ0) is 18.6. The second-order valence-corrected chi connectivity index (χ2v) is 6.79. The van der Waals surface area contributed by atoms with Crippen molar-refractivity contribution in [3.63, 3.8) is 0 Å². The standard InChI is InChI=1S/C21H24N6/c1-16-6-5-7-17(2)20(16)25-21-23-11-9-19(24-21)27-14-12-26(13-15-27)18-8-3-4-10-22-18/h3-11H,12-15H2,1-2H3,(H,23,24,25). The molecule has 0 bridgehead atoms. The third-order valence-electron chi connectivity index (χ3n) is 4.94. The van der Waals surface area contributed by atoms with Crippen molar-refractivity contribution in [3.8, 4) is 0 Å². The Morgan fingerprint density at radius 1 is 0.741 bits per heavy atom. The van der Waals surface area contributed by atoms with E-state index in [2.05, 4.69) is 63.2 Å². The average molecular weight is 360 g/mol. The van der Waals surface area contributed by atoms with Gasteiger partial charge in [-0.2, -0.15) is 4.98 Å². The van der Waals surface area contributed by atoms with Gasteiger partial charge >= 0.3 is 0 Å². The lowest BCUT2D eigenvalue weighted by Crippen LogP contribution is -2.47. The number of hydrogen-bond donors (Lipinski definition) is 1. The minimum Gasteiger partial charge on any atom is -0.353 e. The van der Waals surface area contributed by atoms with Crippen molar-refractivity contribution < 1.29 is 0 Å². The minimum absolute atomic E-state index is 0.636. The van der Waals surface area contributed by atoms with E-state index in [1.54, 1.807) is 0 Å². The highest BCUT2D eigenvalue weighted by molar-refractivity contribution is 5.63. The minimum atomic E-state index is 0.636. The Morgan fingerprint density at radius 2 is 1.44 bits per heavy atom. The molecule has 1 fully saturated rings. The number of aromatic nitrogens is 3. The zero-order valence-corrected chi connectivity index (χ0v) is 15.8. The molecule has 1 aliphatic rings. The number of benzene rings is 1. The lowest BCUT2D eigenvalue weighted by atomic mass is 10.1. The number of piperazine rings is 1. The summed E-state index contributed by atoms with van der Waals surface area (Å²) in [4.78, 5) is 18.2. The fraction of sp³-hybridized carbons (Fsp3) is 0.286. The van der Waals surface area contributed by atoms with Gasteiger partial charge in [-0.1, -0.05) is 24.3 Å². The van der Waals surface area contributed by atoms with Gasteiger partial charge < -0.3 is 15.1 Å². The van der Waals surface area contributed by atoms with Crippen molar-refractivity contribution in [2.24, 2.45) is 0 Å². The molecule has 0 radical (unpaired) electrons. The summed E-state index contributed by atoms with van der Waals surface area (Å²) in [7, 11) is 0. The number of rotatable bonds is 4. The van der Waals surface area contributed by atoms with Crippen LogP contribution in [0, 0.1) is 13.8 Å². The summed E-state index contributed by atoms with van der Waals surface area (Å²) in [6.45, 7) is 7.88. The van der Waals surface area contributed by atoms with Gasteiger partial charge in [0.2, 0.25) is 5.95 Å². The highest BCUT2D eigenvalue weighted by atomic mass is 15.3. The van der Waals surface area contributed by atoms with E-state index in [4.69, 9.17) is 4.98 Å². The Hall–Kier alpha value is -3.15. The molecule has 0 atom stereocenters. The molecule has 0 amide bonds. The largest absolute Gasteiger partial charge is 0.353 e. The molecule has 4 rings (SSSR count). The Labute approximate surface area is 159 Å². The van der Waals surface area contributed by atoms with Crippen molar-refractivity contribution in [3.05, 3.63) is 66.0 Å². The highest BCUT2D eigenvalue weighted by Crippen LogP contribution is 2.24. The Morgan fingerprint density at radius 3 is 2.11 bits per heavy atom. The summed E-state index contributed by atoms with van der Waals surface area (Å²) in [5.74, 6) is 2.63. The summed E-state index contributed by atoms with van der Waals surface area (Å²) < 4.78 is 0. The number of para-hydroxylation sites is 1. The first-order valence-electron chi connectivity index (χ1n) is 9.28. The maximum absolute atomic E-state index is 4.74. The predicted molar refractivity (Wildman–Crippen MR) is 110 cm³/mol. The van der Waals surface area contributed by atoms with E-state index >= 15 is 0 Å². The topological polar surface area (TPSA) is 57.2 Å². The Kier molecular flexibility index (Phi) is 4.87. The van der Waals surface area contributed by atoms with Crippen LogP contribution in [0.25, 0.3) is 0 Å². The molecule has 1 saturated heterocycles. The van der Waals surface area contributed by atoms with Gasteiger partial charge in [-0.3, -0.25) is 0 Å². The maximum atomic E-state index is 4.74. The lowest BCUT2D eigenvalue weighted by molar-refractivity contribution is 0.641. The van der Waals surface area contributed by atoms with E-state index in [9.17, 15) is 0 Å². The molecule has 1 aromatic carbocycles. The number of nitrogens with zero attached hydrogens (tertiary/aromatic N) is 5. The molecule has 0 aliphatic carbocycles. The van der Waals surface area contributed by atoms with Crippen molar-refractivity contribution in [1.29, 1.82) is 0 Å². The molecule has 0 spiro atoms. The summed E-state index contributed by atoms with van der Waals surface area (Å²) >= 11 is 0. The van der Waals surface area contributed by atoms with Crippen molar-refractivity contribution in [2.45, 2.75) is 13.8 Å². The van der Waals surface area contributed by atoms with Crippen LogP contribution in [0.3, 0.4) is 0 Å². The van der Waals surface area contributed by atoms with E-state index in [1.165, 1.54) is 11.1 Å². The molecule has 6 heteroatoms. The normalized spacial score (nSPS) is 14.3. The molecule has 27 heavy (non-hydrogen) atoms. The SMILES string of the molecule is Cc1cccc(C)c1Nc1nccc(N2CCN(c3ccccn3)CC2)n1. The molecule has 0 unspecified atom stereocenters. The number of pyridine rings is 1. The van der Waals surface area contributed by atoms with Crippen molar-refractivity contribution in [2.75, 3.05) is 41.3 Å². The van der Waals surface area contributed by atoms with Crippen LogP contribution in [0.4, 0.5) is 23.3 Å². The monoisotopic (exact) mass is 360 g/mol. The van der Waals surface area contributed by atoms with E-state index < -0.39 is 0 Å². The van der Waals surface area contributed by atoms with E-state index in [0.29, 0.717) is 5.95 Å². The van der Waals surface area contributed by atoms with Gasteiger partial charge in [-0.25, -0.2) is 9.97 Å². The van der Waals surface area contributed by atoms with Crippen LogP contribution in [0.15, 0.2) is 54.9 Å². The van der Waals surface area contributed by atoms with Gasteiger partial charge in [-0.05, 0) is 43.2 Å². The van der Waals surface area contributed by atoms with Crippen LogP contribution in [0.1, 0.15) is 11.1 Å². The molecule has 3 heterocycles. The van der Waals surface area contributed by atoms with E-state index in [0.717, 1.165) is 43.5 Å². The van der Waals surface area contributed by atoms with Crippen LogP contribution in [-0.4, -0.2) is 41.1 Å². The first-order valence-corrected chi connectivity index (χ1v) is 9.28. The van der Waals surface area contributed by atoms with Gasteiger partial charge in [0.05, 0.1) is 0 Å². The van der Waals surface area contributed by atoms with Gasteiger partial charge in [0.25, 0.3) is 0 Å². The highest BCUT2D eigenvalue weighted by Gasteiger charge is 2.19. The van der Waals surface area contributed by atoms with Crippen LogP contribution < -0.4 is 15.1 Å². The summed E-state index contributed by atoms with van der Waals surface area (Å²) in [5, 5.41) is 3.39. The van der Waals surface area contributed by atoms with Gasteiger partial charge in [-0.15, -0.1) is 0 Å². The second-order valence-electron chi connectivity index (χ2n) is 6.79. The smallest absolute Gasteiger partial charge is 0.229 e. The summed E-state index contributed by atoms with van der Waals surface area (Å²) in [5.41, 5.74) is 3.45. The maximum Gasteiger partial charge on any atom is 0.229 e. The predicted octanol–water partition coefficient (Wildman–Crippen LogP) is 3.56. The first-order chi connectivity index (χ1) is 13.2. The quantitative estimate of drug-likeness (QED) is 0.768. The van der Waals surface area contributed by atoms with Crippen LogP contribution in [-0.2, 0) is 0 Å². The molecule has 2 aromatic heterocycles. The van der Waals surface area contributed by atoms with Crippen molar-refractivity contribution >= 4 is 23.3 Å². The van der Waals surface area contributed by atoms with Crippen molar-refractivity contribution in [1.82, 2.24) is 15.0 Å². The molecule has 138 valence electrons. The number of nitrogens with one attached hydrogen (secondary N) is 1. The zero-order valence-electron chi connectivity index (χ0n) is 15.8. The van der Waals surface area contributed by atoms with Crippen LogP contribution >= 0.6 is 0 Å². The Bertz CT molecular complexity index is 883. The molecule has 1 N–H and O–H groups in total. The molecule has 1 aliphatic heterocycles. The average Bonchev–Trinajstić information content (AvgIpc) is 2.72. The first kappa shape index (κ1) is 17.3. The number of anilines is 4. The fourth-order valence-electron chi connectivity index (χ4n) is 3.41. The molecule has 6 nitrogen and oxygen atoms in total. The summed E-state index contributed by atoms with van der Waals surface area (Å²) in [6.07, 6.45) is 3.67. The Balaban J connectivity index is 1.46. The van der Waals surface area contributed by atoms with Crippen LogP contribution in [0.5, 0.6) is 0 Å².